The largest absolute Gasteiger partial charge is 0.357 e. The highest BCUT2D eigenvalue weighted by atomic mass is 32.1. The second-order valence-corrected chi connectivity index (χ2v) is 8.72. The van der Waals surface area contributed by atoms with Crippen molar-refractivity contribution in [3.8, 4) is 0 Å². The Bertz CT molecular complexity index is 545. The molecule has 1 saturated carbocycles. The summed E-state index contributed by atoms with van der Waals surface area (Å²) in [6.07, 6.45) is 5.36. The normalized spacial score (nSPS) is 21.2. The average molecular weight is 378 g/mol. The molecule has 1 aliphatic carbocycles. The predicted molar refractivity (Wildman–Crippen MR) is 112 cm³/mol. The van der Waals surface area contributed by atoms with Crippen LogP contribution in [0.5, 0.6) is 0 Å². The van der Waals surface area contributed by atoms with Crippen molar-refractivity contribution in [1.82, 2.24) is 20.4 Å². The summed E-state index contributed by atoms with van der Waals surface area (Å²) in [7, 11) is 4.36. The Hall–Kier alpha value is -1.11. The minimum atomic E-state index is 0.453. The molecule has 1 aromatic heterocycles. The van der Waals surface area contributed by atoms with Crippen molar-refractivity contribution >= 4 is 17.3 Å². The molecule has 3 rings (SSSR count). The Morgan fingerprint density at radius 3 is 2.65 bits per heavy atom. The molecule has 2 N–H and O–H groups in total. The molecule has 1 aliphatic heterocycles. The second-order valence-electron chi connectivity index (χ2n) is 7.74. The average Bonchev–Trinajstić information content (AvgIpc) is 3.10. The summed E-state index contributed by atoms with van der Waals surface area (Å²) < 4.78 is 0. The third-order valence-corrected chi connectivity index (χ3v) is 6.50. The highest BCUT2D eigenvalue weighted by Crippen LogP contribution is 2.34. The van der Waals surface area contributed by atoms with Gasteiger partial charge >= 0.3 is 0 Å². The van der Waals surface area contributed by atoms with Crippen molar-refractivity contribution in [2.24, 2.45) is 10.9 Å². The molecule has 1 aromatic rings. The number of hydrogen-bond acceptors (Lipinski definition) is 4. The number of hydrogen-bond donors (Lipinski definition) is 2. The topological polar surface area (TPSA) is 42.9 Å². The zero-order valence-electron chi connectivity index (χ0n) is 16.6. The van der Waals surface area contributed by atoms with E-state index in [4.69, 9.17) is 4.99 Å². The number of guanidine groups is 1. The van der Waals surface area contributed by atoms with E-state index in [-0.39, 0.29) is 0 Å². The van der Waals surface area contributed by atoms with Crippen molar-refractivity contribution in [3.05, 3.63) is 22.4 Å². The lowest BCUT2D eigenvalue weighted by atomic mass is 10.2. The standard InChI is InChI=1S/C20H35N5S/c1-4-21-20(22-14-17(24(2)3)16-9-10-16)23-15-18(19-8-7-13-26-19)25-11-5-6-12-25/h7-8,13,16-18H,4-6,9-12,14-15H2,1-3H3,(H2,21,22,23). The molecule has 0 aromatic carbocycles. The van der Waals surface area contributed by atoms with Gasteiger partial charge in [-0.15, -0.1) is 11.3 Å². The third kappa shape index (κ3) is 5.44. The Kier molecular flexibility index (Phi) is 7.34. The summed E-state index contributed by atoms with van der Waals surface area (Å²) in [5.74, 6) is 1.79. The van der Waals surface area contributed by atoms with Crippen LogP contribution in [-0.2, 0) is 0 Å². The van der Waals surface area contributed by atoms with E-state index in [1.54, 1.807) is 0 Å². The van der Waals surface area contributed by atoms with Crippen LogP contribution in [0.2, 0.25) is 0 Å². The van der Waals surface area contributed by atoms with E-state index in [1.165, 1.54) is 43.6 Å². The molecule has 0 radical (unpaired) electrons. The fourth-order valence-electron chi connectivity index (χ4n) is 3.88. The molecule has 0 amide bonds. The van der Waals surface area contributed by atoms with Gasteiger partial charge in [-0.25, -0.2) is 0 Å². The van der Waals surface area contributed by atoms with Crippen molar-refractivity contribution < 1.29 is 0 Å². The van der Waals surface area contributed by atoms with Crippen LogP contribution in [0.15, 0.2) is 22.5 Å². The van der Waals surface area contributed by atoms with Crippen molar-refractivity contribution in [2.75, 3.05) is 46.8 Å². The van der Waals surface area contributed by atoms with Crippen LogP contribution in [0.3, 0.4) is 0 Å². The van der Waals surface area contributed by atoms with Crippen LogP contribution >= 0.6 is 11.3 Å². The first-order valence-electron chi connectivity index (χ1n) is 10.1. The molecule has 2 atom stereocenters. The van der Waals surface area contributed by atoms with E-state index in [2.05, 4.69) is 59.0 Å². The summed E-state index contributed by atoms with van der Waals surface area (Å²) in [5.41, 5.74) is 0. The minimum absolute atomic E-state index is 0.453. The number of thiophene rings is 1. The summed E-state index contributed by atoms with van der Waals surface area (Å²) in [4.78, 5) is 11.3. The Balaban J connectivity index is 1.61. The molecular formula is C20H35N5S. The van der Waals surface area contributed by atoms with Gasteiger partial charge in [0, 0.05) is 24.0 Å². The van der Waals surface area contributed by atoms with Crippen LogP contribution in [0, 0.1) is 5.92 Å². The summed E-state index contributed by atoms with van der Waals surface area (Å²) in [6.45, 7) is 7.25. The lowest BCUT2D eigenvalue weighted by molar-refractivity contribution is 0.248. The van der Waals surface area contributed by atoms with E-state index in [1.807, 2.05) is 11.3 Å². The zero-order valence-corrected chi connectivity index (χ0v) is 17.4. The Morgan fingerprint density at radius 2 is 2.08 bits per heavy atom. The monoisotopic (exact) mass is 377 g/mol. The Morgan fingerprint density at radius 1 is 1.31 bits per heavy atom. The quantitative estimate of drug-likeness (QED) is 0.513. The maximum absolute atomic E-state index is 4.91. The van der Waals surface area contributed by atoms with E-state index < -0.39 is 0 Å². The molecule has 1 saturated heterocycles. The van der Waals surface area contributed by atoms with E-state index >= 15 is 0 Å². The summed E-state index contributed by atoms with van der Waals surface area (Å²) >= 11 is 1.87. The van der Waals surface area contributed by atoms with Gasteiger partial charge in [-0.05, 0) is 77.2 Å². The number of nitrogens with one attached hydrogen (secondary N) is 2. The van der Waals surface area contributed by atoms with E-state index in [0.29, 0.717) is 12.1 Å². The van der Waals surface area contributed by atoms with Crippen molar-refractivity contribution in [2.45, 2.75) is 44.7 Å². The molecule has 2 unspecified atom stereocenters. The van der Waals surface area contributed by atoms with Gasteiger partial charge in [0.05, 0.1) is 12.6 Å². The van der Waals surface area contributed by atoms with E-state index in [9.17, 15) is 0 Å². The number of nitrogens with zero attached hydrogens (tertiary/aromatic N) is 3. The minimum Gasteiger partial charge on any atom is -0.357 e. The molecule has 0 bridgehead atoms. The SMILES string of the molecule is CCNC(=NCC(C1CC1)N(C)C)NCC(c1cccs1)N1CCCC1. The van der Waals surface area contributed by atoms with Gasteiger partial charge < -0.3 is 15.5 Å². The fraction of sp³-hybridized carbons (Fsp3) is 0.750. The molecule has 2 fully saturated rings. The van der Waals surface area contributed by atoms with Crippen LogP contribution in [0.4, 0.5) is 0 Å². The molecular weight excluding hydrogens is 342 g/mol. The zero-order chi connectivity index (χ0) is 18.4. The van der Waals surface area contributed by atoms with E-state index in [0.717, 1.165) is 31.5 Å². The maximum atomic E-state index is 4.91. The molecule has 0 spiro atoms. The number of rotatable bonds is 9. The van der Waals surface area contributed by atoms with Gasteiger partial charge in [0.1, 0.15) is 0 Å². The fourth-order valence-corrected chi connectivity index (χ4v) is 4.74. The van der Waals surface area contributed by atoms with Gasteiger partial charge in [-0.2, -0.15) is 0 Å². The van der Waals surface area contributed by atoms with Gasteiger partial charge in [0.15, 0.2) is 5.96 Å². The van der Waals surface area contributed by atoms with Crippen LogP contribution < -0.4 is 10.6 Å². The first-order chi connectivity index (χ1) is 12.7. The number of likely N-dealkylation sites (N-methyl/N-ethyl adjacent to an activating group) is 1. The van der Waals surface area contributed by atoms with Crippen molar-refractivity contribution in [3.63, 3.8) is 0 Å². The molecule has 5 nitrogen and oxygen atoms in total. The second kappa shape index (κ2) is 9.72. The number of likely N-dealkylation sites (tertiary alicyclic amines) is 1. The smallest absolute Gasteiger partial charge is 0.191 e. The third-order valence-electron chi connectivity index (χ3n) is 5.53. The summed E-state index contributed by atoms with van der Waals surface area (Å²) in [6, 6.07) is 5.46. The highest BCUT2D eigenvalue weighted by molar-refractivity contribution is 7.10. The van der Waals surface area contributed by atoms with Gasteiger partial charge in [-0.3, -0.25) is 9.89 Å². The van der Waals surface area contributed by atoms with Gasteiger partial charge in [0.25, 0.3) is 0 Å². The van der Waals surface area contributed by atoms with Crippen molar-refractivity contribution in [1.29, 1.82) is 0 Å². The molecule has 6 heteroatoms. The molecule has 2 aliphatic rings. The number of aliphatic imine (C=N–C) groups is 1. The molecule has 146 valence electrons. The Labute approximate surface area is 162 Å². The van der Waals surface area contributed by atoms with Gasteiger partial charge in [0.2, 0.25) is 0 Å². The van der Waals surface area contributed by atoms with Crippen LogP contribution in [-0.4, -0.2) is 68.6 Å². The van der Waals surface area contributed by atoms with Gasteiger partial charge in [-0.1, -0.05) is 6.07 Å². The molecule has 26 heavy (non-hydrogen) atoms. The highest BCUT2D eigenvalue weighted by Gasteiger charge is 2.32. The van der Waals surface area contributed by atoms with Crippen LogP contribution in [0.1, 0.15) is 43.5 Å². The van der Waals surface area contributed by atoms with Crippen LogP contribution in [0.25, 0.3) is 0 Å². The maximum Gasteiger partial charge on any atom is 0.191 e. The molecule has 2 heterocycles. The summed E-state index contributed by atoms with van der Waals surface area (Å²) in [5, 5.41) is 9.25. The lowest BCUT2D eigenvalue weighted by Gasteiger charge is -2.28. The predicted octanol–water partition coefficient (Wildman–Crippen LogP) is 2.78. The lowest BCUT2D eigenvalue weighted by Crippen LogP contribution is -2.43. The first kappa shape index (κ1) is 19.6. The first-order valence-corrected chi connectivity index (χ1v) is 11.0.